The van der Waals surface area contributed by atoms with Crippen molar-refractivity contribution in [3.05, 3.63) is 12.2 Å². The van der Waals surface area contributed by atoms with Gasteiger partial charge in [-0.1, -0.05) is 31.9 Å². The molecule has 98 valence electrons. The quantitative estimate of drug-likeness (QED) is 0.725. The molecule has 1 rings (SSSR count). The third-order valence-electron chi connectivity index (χ3n) is 3.56. The van der Waals surface area contributed by atoms with E-state index in [0.717, 1.165) is 19.3 Å². The molecule has 0 heterocycles. The molecule has 0 aromatic rings. The molecule has 17 heavy (non-hydrogen) atoms. The van der Waals surface area contributed by atoms with E-state index in [9.17, 15) is 9.90 Å². The predicted octanol–water partition coefficient (Wildman–Crippen LogP) is 3.25. The number of carboxylic acid groups (broad SMARTS) is 1. The number of carboxylic acids is 1. The molecule has 1 saturated carbocycles. The molecule has 3 heteroatoms. The van der Waals surface area contributed by atoms with Crippen LogP contribution in [0.3, 0.4) is 0 Å². The maximum absolute atomic E-state index is 11.2. The van der Waals surface area contributed by atoms with Crippen molar-refractivity contribution < 1.29 is 14.6 Å². The third-order valence-corrected chi connectivity index (χ3v) is 3.56. The van der Waals surface area contributed by atoms with Gasteiger partial charge in [-0.3, -0.25) is 4.79 Å². The average Bonchev–Trinajstić information content (AvgIpc) is 2.30. The first-order chi connectivity index (χ1) is 8.19. The molecule has 1 aliphatic rings. The van der Waals surface area contributed by atoms with Crippen LogP contribution in [0.4, 0.5) is 0 Å². The SMILES string of the molecule is CC=CCOC1CC(CCC)CCC1C(=O)O. The average molecular weight is 240 g/mol. The van der Waals surface area contributed by atoms with Gasteiger partial charge in [-0.15, -0.1) is 0 Å². The number of carbonyl (C=O) groups is 1. The summed E-state index contributed by atoms with van der Waals surface area (Å²) in [6, 6.07) is 0. The molecule has 0 bridgehead atoms. The summed E-state index contributed by atoms with van der Waals surface area (Å²) < 4.78 is 5.71. The largest absolute Gasteiger partial charge is 0.481 e. The summed E-state index contributed by atoms with van der Waals surface area (Å²) in [5.74, 6) is -0.370. The summed E-state index contributed by atoms with van der Waals surface area (Å²) in [6.07, 6.45) is 8.83. The Labute approximate surface area is 104 Å². The van der Waals surface area contributed by atoms with Gasteiger partial charge in [-0.05, 0) is 32.1 Å². The van der Waals surface area contributed by atoms with E-state index in [1.54, 1.807) is 0 Å². The fourth-order valence-corrected chi connectivity index (χ4v) is 2.62. The van der Waals surface area contributed by atoms with Crippen molar-refractivity contribution in [1.82, 2.24) is 0 Å². The Hall–Kier alpha value is -0.830. The van der Waals surface area contributed by atoms with Gasteiger partial charge in [0, 0.05) is 0 Å². The molecule has 0 amide bonds. The van der Waals surface area contributed by atoms with Crippen molar-refractivity contribution in [2.45, 2.75) is 52.1 Å². The lowest BCUT2D eigenvalue weighted by atomic mass is 9.78. The smallest absolute Gasteiger partial charge is 0.309 e. The Morgan fingerprint density at radius 2 is 2.24 bits per heavy atom. The van der Waals surface area contributed by atoms with Gasteiger partial charge < -0.3 is 9.84 Å². The Balaban J connectivity index is 2.52. The van der Waals surface area contributed by atoms with E-state index in [-0.39, 0.29) is 12.0 Å². The Kier molecular flexibility index (Phi) is 6.27. The lowest BCUT2D eigenvalue weighted by Gasteiger charge is -2.33. The molecule has 1 aliphatic carbocycles. The van der Waals surface area contributed by atoms with Crippen LogP contribution in [-0.4, -0.2) is 23.8 Å². The highest BCUT2D eigenvalue weighted by Gasteiger charge is 2.35. The number of hydrogen-bond donors (Lipinski definition) is 1. The van der Waals surface area contributed by atoms with Crippen LogP contribution >= 0.6 is 0 Å². The Bertz CT molecular complexity index is 260. The maximum atomic E-state index is 11.2. The first kappa shape index (κ1) is 14.2. The summed E-state index contributed by atoms with van der Waals surface area (Å²) in [7, 11) is 0. The van der Waals surface area contributed by atoms with Crippen molar-refractivity contribution >= 4 is 5.97 Å². The Morgan fingerprint density at radius 1 is 1.47 bits per heavy atom. The van der Waals surface area contributed by atoms with Crippen LogP contribution in [0.15, 0.2) is 12.2 Å². The van der Waals surface area contributed by atoms with Crippen molar-refractivity contribution in [2.24, 2.45) is 11.8 Å². The zero-order chi connectivity index (χ0) is 12.7. The van der Waals surface area contributed by atoms with E-state index in [2.05, 4.69) is 6.92 Å². The second-order valence-corrected chi connectivity index (χ2v) is 4.85. The zero-order valence-electron chi connectivity index (χ0n) is 10.9. The van der Waals surface area contributed by atoms with Gasteiger partial charge in [0.2, 0.25) is 0 Å². The van der Waals surface area contributed by atoms with Gasteiger partial charge in [0.1, 0.15) is 0 Å². The van der Waals surface area contributed by atoms with Crippen LogP contribution < -0.4 is 0 Å². The van der Waals surface area contributed by atoms with Gasteiger partial charge >= 0.3 is 5.97 Å². The number of ether oxygens (including phenoxy) is 1. The van der Waals surface area contributed by atoms with Gasteiger partial charge in [0.15, 0.2) is 0 Å². The van der Waals surface area contributed by atoms with Crippen molar-refractivity contribution in [2.75, 3.05) is 6.61 Å². The van der Waals surface area contributed by atoms with Crippen LogP contribution in [-0.2, 0) is 9.53 Å². The van der Waals surface area contributed by atoms with Gasteiger partial charge in [-0.25, -0.2) is 0 Å². The maximum Gasteiger partial charge on any atom is 0.309 e. The summed E-state index contributed by atoms with van der Waals surface area (Å²) >= 11 is 0. The molecule has 0 aromatic heterocycles. The van der Waals surface area contributed by atoms with Crippen molar-refractivity contribution in [3.63, 3.8) is 0 Å². The molecule has 1 N–H and O–H groups in total. The minimum atomic E-state index is -0.703. The number of aliphatic carboxylic acids is 1. The molecule has 3 nitrogen and oxygen atoms in total. The minimum absolute atomic E-state index is 0.103. The standard InChI is InChI=1S/C14H24O3/c1-3-5-9-17-13-10-11(6-4-2)7-8-12(13)14(15)16/h3,5,11-13H,4,6-10H2,1-2H3,(H,15,16). The zero-order valence-corrected chi connectivity index (χ0v) is 10.9. The predicted molar refractivity (Wildman–Crippen MR) is 67.9 cm³/mol. The van der Waals surface area contributed by atoms with E-state index in [0.29, 0.717) is 12.5 Å². The molecule has 1 fully saturated rings. The van der Waals surface area contributed by atoms with Crippen molar-refractivity contribution in [3.8, 4) is 0 Å². The number of rotatable bonds is 6. The fourth-order valence-electron chi connectivity index (χ4n) is 2.62. The molecular weight excluding hydrogens is 216 g/mol. The highest BCUT2D eigenvalue weighted by Crippen LogP contribution is 2.33. The second kappa shape index (κ2) is 7.49. The monoisotopic (exact) mass is 240 g/mol. The minimum Gasteiger partial charge on any atom is -0.481 e. The topological polar surface area (TPSA) is 46.5 Å². The van der Waals surface area contributed by atoms with Gasteiger partial charge in [0.25, 0.3) is 0 Å². The lowest BCUT2D eigenvalue weighted by molar-refractivity contribution is -0.150. The second-order valence-electron chi connectivity index (χ2n) is 4.85. The number of allylic oxidation sites excluding steroid dienone is 1. The lowest BCUT2D eigenvalue weighted by Crippen LogP contribution is -2.36. The molecule has 0 aliphatic heterocycles. The molecule has 0 spiro atoms. The summed E-state index contributed by atoms with van der Waals surface area (Å²) in [4.78, 5) is 11.2. The fraction of sp³-hybridized carbons (Fsp3) is 0.786. The third kappa shape index (κ3) is 4.50. The van der Waals surface area contributed by atoms with Crippen LogP contribution in [0, 0.1) is 11.8 Å². The van der Waals surface area contributed by atoms with E-state index in [1.807, 2.05) is 19.1 Å². The first-order valence-electron chi connectivity index (χ1n) is 6.64. The molecule has 0 aromatic carbocycles. The molecule has 3 unspecified atom stereocenters. The van der Waals surface area contributed by atoms with Gasteiger partial charge in [-0.2, -0.15) is 0 Å². The summed E-state index contributed by atoms with van der Waals surface area (Å²) in [6.45, 7) is 4.65. The van der Waals surface area contributed by atoms with E-state index >= 15 is 0 Å². The highest BCUT2D eigenvalue weighted by atomic mass is 16.5. The van der Waals surface area contributed by atoms with E-state index in [1.165, 1.54) is 12.8 Å². The van der Waals surface area contributed by atoms with Crippen molar-refractivity contribution in [1.29, 1.82) is 0 Å². The molecule has 3 atom stereocenters. The number of hydrogen-bond acceptors (Lipinski definition) is 2. The Morgan fingerprint density at radius 3 is 2.82 bits per heavy atom. The summed E-state index contributed by atoms with van der Waals surface area (Å²) in [5, 5.41) is 9.18. The first-order valence-corrected chi connectivity index (χ1v) is 6.64. The van der Waals surface area contributed by atoms with E-state index in [4.69, 9.17) is 4.74 Å². The van der Waals surface area contributed by atoms with Crippen LogP contribution in [0.2, 0.25) is 0 Å². The van der Waals surface area contributed by atoms with Gasteiger partial charge in [0.05, 0.1) is 18.6 Å². The van der Waals surface area contributed by atoms with Crippen LogP contribution in [0.1, 0.15) is 46.0 Å². The molecular formula is C14H24O3. The van der Waals surface area contributed by atoms with Crippen LogP contribution in [0.5, 0.6) is 0 Å². The summed E-state index contributed by atoms with van der Waals surface area (Å²) in [5.41, 5.74) is 0. The molecule has 0 radical (unpaired) electrons. The normalized spacial score (nSPS) is 29.6. The van der Waals surface area contributed by atoms with E-state index < -0.39 is 5.97 Å². The van der Waals surface area contributed by atoms with Crippen LogP contribution in [0.25, 0.3) is 0 Å². The highest BCUT2D eigenvalue weighted by molar-refractivity contribution is 5.70. The molecule has 0 saturated heterocycles.